The van der Waals surface area contributed by atoms with Gasteiger partial charge in [0.25, 0.3) is 0 Å². The molecule has 0 saturated carbocycles. The maximum absolute atomic E-state index is 6.63. The SMILES string of the molecule is c1ccc(-c2cc(-c3ccccc3)nc(-c3ccc(-c4cc(-n5c6ccccc6c6c7oc8ccccc8c7ccc65)cc5c4sc4ccccc45)cc3)n2)cc1.c1ccc(-c2nc(-c3ccccc3)nc(-c3cccc(-c4cc(-n5c6ccccc6c6c7oc8ccccc8c7ccc65)cc5c4sc4ccccc45)c3)n2)cc1. The van der Waals surface area contributed by atoms with Crippen molar-refractivity contribution in [2.24, 2.45) is 0 Å². The van der Waals surface area contributed by atoms with Crippen LogP contribution < -0.4 is 0 Å². The number of furan rings is 2. The van der Waals surface area contributed by atoms with Gasteiger partial charge in [0.1, 0.15) is 22.3 Å². The van der Waals surface area contributed by atoms with Crippen LogP contribution in [0, 0.1) is 0 Å². The molecule has 24 aromatic rings. The highest BCUT2D eigenvalue weighted by Crippen LogP contribution is 2.49. The summed E-state index contributed by atoms with van der Waals surface area (Å²) in [6.07, 6.45) is 0. The van der Waals surface area contributed by atoms with Crippen LogP contribution in [0.1, 0.15) is 0 Å². The average Bonchev–Trinajstić information content (AvgIpc) is 1.57. The monoisotopic (exact) mass is 1490 g/mol. The first-order valence-electron chi connectivity index (χ1n) is 38.2. The van der Waals surface area contributed by atoms with Gasteiger partial charge in [-0.2, -0.15) is 0 Å². The molecule has 0 atom stereocenters. The predicted octanol–water partition coefficient (Wildman–Crippen LogP) is 28.4. The highest BCUT2D eigenvalue weighted by Gasteiger charge is 2.25. The average molecular weight is 1490 g/mol. The van der Waals surface area contributed by atoms with Crippen LogP contribution in [0.5, 0.6) is 0 Å². The van der Waals surface area contributed by atoms with E-state index in [4.69, 9.17) is 33.8 Å². The summed E-state index contributed by atoms with van der Waals surface area (Å²) in [4.78, 5) is 25.3. The lowest BCUT2D eigenvalue weighted by molar-refractivity contribution is 0.672. The maximum Gasteiger partial charge on any atom is 0.164 e. The fourth-order valence-electron chi connectivity index (χ4n) is 17.0. The molecular formula is C103H61N7O2S2. The first kappa shape index (κ1) is 65.2. The normalized spacial score (nSPS) is 11.9. The Hall–Kier alpha value is -14.8. The number of hydrogen-bond donors (Lipinski definition) is 0. The molecule has 0 saturated heterocycles. The van der Waals surface area contributed by atoms with Crippen molar-refractivity contribution < 1.29 is 8.83 Å². The van der Waals surface area contributed by atoms with Gasteiger partial charge in [-0.25, -0.2) is 24.9 Å². The molecule has 16 aromatic carbocycles. The number of nitrogens with zero attached hydrogens (tertiary/aromatic N) is 7. The third-order valence-corrected chi connectivity index (χ3v) is 24.7. The van der Waals surface area contributed by atoms with E-state index >= 15 is 0 Å². The maximum atomic E-state index is 6.63. The summed E-state index contributed by atoms with van der Waals surface area (Å²) in [5, 5.41) is 14.1. The third kappa shape index (κ3) is 10.8. The van der Waals surface area contributed by atoms with E-state index in [-0.39, 0.29) is 0 Å². The fourth-order valence-corrected chi connectivity index (χ4v) is 19.4. The molecule has 0 unspecified atom stereocenters. The van der Waals surface area contributed by atoms with Gasteiger partial charge in [-0.15, -0.1) is 22.7 Å². The second-order valence-electron chi connectivity index (χ2n) is 28.9. The van der Waals surface area contributed by atoms with Gasteiger partial charge >= 0.3 is 0 Å². The van der Waals surface area contributed by atoms with Crippen molar-refractivity contribution in [3.63, 3.8) is 0 Å². The fraction of sp³-hybridized carbons (Fsp3) is 0. The zero-order chi connectivity index (χ0) is 74.9. The number of thiophene rings is 2. The third-order valence-electron chi connectivity index (χ3n) is 22.3. The molecule has 532 valence electrons. The molecule has 11 heteroatoms. The minimum atomic E-state index is 0.630. The van der Waals surface area contributed by atoms with E-state index in [2.05, 4.69) is 294 Å². The summed E-state index contributed by atoms with van der Waals surface area (Å²) in [7, 11) is 0. The molecule has 0 fully saturated rings. The summed E-state index contributed by atoms with van der Waals surface area (Å²) < 4.78 is 23.1. The smallest absolute Gasteiger partial charge is 0.164 e. The number of rotatable bonds is 10. The number of hydrogen-bond acceptors (Lipinski definition) is 9. The molecule has 0 radical (unpaired) electrons. The lowest BCUT2D eigenvalue weighted by Crippen LogP contribution is -2.00. The molecule has 0 amide bonds. The molecule has 0 aliphatic carbocycles. The highest BCUT2D eigenvalue weighted by molar-refractivity contribution is 7.26. The lowest BCUT2D eigenvalue weighted by Gasteiger charge is -2.13. The van der Waals surface area contributed by atoms with Gasteiger partial charge in [0.15, 0.2) is 23.3 Å². The Labute approximate surface area is 660 Å². The first-order chi connectivity index (χ1) is 56.5. The van der Waals surface area contributed by atoms with Gasteiger partial charge in [0, 0.05) is 129 Å². The number of fused-ring (bicyclic) bond motifs is 20. The largest absolute Gasteiger partial charge is 0.455 e. The Balaban J connectivity index is 0.000000135. The Kier molecular flexibility index (Phi) is 15.1. The van der Waals surface area contributed by atoms with Crippen LogP contribution in [-0.4, -0.2) is 34.1 Å². The van der Waals surface area contributed by atoms with Gasteiger partial charge in [0.05, 0.1) is 44.2 Å². The highest BCUT2D eigenvalue weighted by atomic mass is 32.1. The topological polar surface area (TPSA) is 101 Å². The quantitative estimate of drug-likeness (QED) is 0.134. The zero-order valence-electron chi connectivity index (χ0n) is 61.0. The number of para-hydroxylation sites is 4. The molecule has 24 rings (SSSR count). The molecular weight excluding hydrogens is 1430 g/mol. The van der Waals surface area contributed by atoms with Crippen LogP contribution in [0.25, 0.3) is 230 Å². The molecule has 0 bridgehead atoms. The molecule has 9 nitrogen and oxygen atoms in total. The van der Waals surface area contributed by atoms with Crippen molar-refractivity contribution in [3.8, 4) is 102 Å². The number of aromatic nitrogens is 7. The van der Waals surface area contributed by atoms with Crippen molar-refractivity contribution in [1.82, 2.24) is 34.1 Å². The zero-order valence-corrected chi connectivity index (χ0v) is 62.6. The van der Waals surface area contributed by atoms with Crippen LogP contribution in [0.3, 0.4) is 0 Å². The minimum absolute atomic E-state index is 0.630. The van der Waals surface area contributed by atoms with Gasteiger partial charge < -0.3 is 18.0 Å². The predicted molar refractivity (Wildman–Crippen MR) is 474 cm³/mol. The second-order valence-corrected chi connectivity index (χ2v) is 31.0. The van der Waals surface area contributed by atoms with Crippen LogP contribution in [-0.2, 0) is 0 Å². The van der Waals surface area contributed by atoms with E-state index in [0.29, 0.717) is 23.3 Å². The summed E-state index contributed by atoms with van der Waals surface area (Å²) in [5.74, 6) is 2.61. The van der Waals surface area contributed by atoms with E-state index in [1.165, 1.54) is 51.3 Å². The van der Waals surface area contributed by atoms with Crippen LogP contribution in [0.2, 0.25) is 0 Å². The van der Waals surface area contributed by atoms with Gasteiger partial charge in [-0.05, 0) is 108 Å². The molecule has 0 aliphatic rings. The van der Waals surface area contributed by atoms with E-state index in [0.717, 1.165) is 155 Å². The molecule has 8 aromatic heterocycles. The summed E-state index contributed by atoms with van der Waals surface area (Å²) in [5.41, 5.74) is 22.6. The standard InChI is InChI=1S/C52H31N3OS.C51H30N4OS/c1-3-13-33(14-4-1)43-31-44(34-15-5-2-6-16-34)54-52(53-43)35-25-23-32(24-26-35)41-29-36(30-42-38-18-9-12-22-48(38)57-51(41)42)55-45-20-10-7-19-40(45)49-46(55)28-27-39-37-17-8-11-21-47(37)56-50(39)49;1-3-14-31(15-4-1)49-52-50(32-16-5-2-6-17-32)54-51(53-49)34-19-13-18-33(28-34)40-29-35(30-41-37-21-9-12-25-45(37)57-48(40)41)55-42-23-10-7-22-39(42)46-43(55)27-26-38-36-20-8-11-24-44(36)56-47(38)46/h1-31H;1-30H. The van der Waals surface area contributed by atoms with Crippen LogP contribution in [0.4, 0.5) is 0 Å². The molecule has 0 spiro atoms. The van der Waals surface area contributed by atoms with Gasteiger partial charge in [-0.1, -0.05) is 273 Å². The van der Waals surface area contributed by atoms with Crippen molar-refractivity contribution >= 4 is 151 Å². The van der Waals surface area contributed by atoms with E-state index in [9.17, 15) is 0 Å². The Bertz CT molecular complexity index is 7860. The molecule has 0 N–H and O–H groups in total. The Morgan fingerprint density at radius 1 is 0.219 bits per heavy atom. The van der Waals surface area contributed by atoms with Crippen molar-refractivity contribution in [3.05, 3.63) is 370 Å². The molecule has 8 heterocycles. The second kappa shape index (κ2) is 26.5. The van der Waals surface area contributed by atoms with Gasteiger partial charge in [0.2, 0.25) is 0 Å². The minimum Gasteiger partial charge on any atom is -0.455 e. The Morgan fingerprint density at radius 3 is 1.06 bits per heavy atom. The lowest BCUT2D eigenvalue weighted by atomic mass is 9.99. The van der Waals surface area contributed by atoms with Crippen LogP contribution >= 0.6 is 22.7 Å². The van der Waals surface area contributed by atoms with Crippen molar-refractivity contribution in [2.45, 2.75) is 0 Å². The summed E-state index contributed by atoms with van der Waals surface area (Å²) >= 11 is 3.69. The van der Waals surface area contributed by atoms with Gasteiger partial charge in [-0.3, -0.25) is 0 Å². The first-order valence-corrected chi connectivity index (χ1v) is 39.8. The van der Waals surface area contributed by atoms with Crippen molar-refractivity contribution in [2.75, 3.05) is 0 Å². The van der Waals surface area contributed by atoms with E-state index in [1.807, 2.05) is 108 Å². The molecule has 0 aliphatic heterocycles. The summed E-state index contributed by atoms with van der Waals surface area (Å²) in [6, 6.07) is 130. The Morgan fingerprint density at radius 2 is 0.579 bits per heavy atom. The van der Waals surface area contributed by atoms with Crippen molar-refractivity contribution in [1.29, 1.82) is 0 Å². The van der Waals surface area contributed by atoms with E-state index < -0.39 is 0 Å². The summed E-state index contributed by atoms with van der Waals surface area (Å²) in [6.45, 7) is 0. The van der Waals surface area contributed by atoms with E-state index in [1.54, 1.807) is 0 Å². The number of benzene rings is 16. The molecule has 114 heavy (non-hydrogen) atoms. The van der Waals surface area contributed by atoms with Crippen LogP contribution in [0.15, 0.2) is 379 Å².